The fourth-order valence-electron chi connectivity index (χ4n) is 2.38. The van der Waals surface area contributed by atoms with Crippen LogP contribution in [0.15, 0.2) is 0 Å². The van der Waals surface area contributed by atoms with Crippen molar-refractivity contribution >= 4 is 41.5 Å². The van der Waals surface area contributed by atoms with Crippen molar-refractivity contribution < 1.29 is 20.1 Å². The molecule has 9 nitrogen and oxygen atoms in total. The molecule has 0 aliphatic carbocycles. The van der Waals surface area contributed by atoms with E-state index in [0.29, 0.717) is 11.2 Å². The van der Waals surface area contributed by atoms with E-state index in [2.05, 4.69) is 15.0 Å². The van der Waals surface area contributed by atoms with Gasteiger partial charge in [-0.2, -0.15) is 0 Å². The number of nitrogens with two attached hydrogens (primary N) is 1. The number of H-pyrrole nitrogens is 2. The van der Waals surface area contributed by atoms with Gasteiger partial charge >= 0.3 is 0 Å². The zero-order valence-electron chi connectivity index (χ0n) is 10.6. The molecular formula is C10H13N5O4S2. The maximum atomic E-state index is 10.1. The Morgan fingerprint density at radius 1 is 1.29 bits per heavy atom. The van der Waals surface area contributed by atoms with Crippen molar-refractivity contribution in [3.8, 4) is 0 Å². The number of imidazole rings is 1. The van der Waals surface area contributed by atoms with E-state index < -0.39 is 31.1 Å². The summed E-state index contributed by atoms with van der Waals surface area (Å²) < 4.78 is 7.32. The van der Waals surface area contributed by atoms with Gasteiger partial charge in [-0.15, -0.1) is 0 Å². The highest BCUT2D eigenvalue weighted by atomic mass is 32.1. The highest BCUT2D eigenvalue weighted by molar-refractivity contribution is 7.71. The molecule has 0 spiro atoms. The molecule has 0 amide bonds. The Hall–Kier alpha value is -1.37. The summed E-state index contributed by atoms with van der Waals surface area (Å²) in [5.74, 6) is 0.0852. The number of fused-ring (bicyclic) bond motifs is 1. The molecule has 2 aromatic heterocycles. The van der Waals surface area contributed by atoms with E-state index in [1.807, 2.05) is 0 Å². The number of aromatic nitrogens is 4. The third kappa shape index (κ3) is 2.18. The van der Waals surface area contributed by atoms with Crippen LogP contribution in [-0.4, -0.2) is 59.8 Å². The summed E-state index contributed by atoms with van der Waals surface area (Å²) in [6, 6.07) is 0. The monoisotopic (exact) mass is 331 g/mol. The molecule has 0 unspecified atom stereocenters. The molecule has 3 rings (SSSR count). The number of nitrogens with zero attached hydrogens (tertiary/aromatic N) is 2. The van der Waals surface area contributed by atoms with Gasteiger partial charge in [-0.3, -0.25) is 4.57 Å². The molecule has 1 aliphatic rings. The summed E-state index contributed by atoms with van der Waals surface area (Å²) in [5, 5.41) is 29.1. The van der Waals surface area contributed by atoms with Crippen molar-refractivity contribution in [2.24, 2.45) is 0 Å². The van der Waals surface area contributed by atoms with E-state index in [0.717, 1.165) is 0 Å². The summed E-state index contributed by atoms with van der Waals surface area (Å²) in [4.78, 5) is 9.55. The van der Waals surface area contributed by atoms with Gasteiger partial charge in [0.1, 0.15) is 29.5 Å². The second kappa shape index (κ2) is 5.12. The zero-order chi connectivity index (χ0) is 15.3. The predicted molar refractivity (Wildman–Crippen MR) is 77.5 cm³/mol. The van der Waals surface area contributed by atoms with E-state index in [9.17, 15) is 10.2 Å². The van der Waals surface area contributed by atoms with Crippen LogP contribution in [-0.2, 0) is 4.74 Å². The Balaban J connectivity index is 2.20. The van der Waals surface area contributed by atoms with Crippen LogP contribution in [0.3, 0.4) is 0 Å². The van der Waals surface area contributed by atoms with Gasteiger partial charge in [0, 0.05) is 0 Å². The fraction of sp³-hybridized carbons (Fsp3) is 0.500. The van der Waals surface area contributed by atoms with Crippen LogP contribution >= 0.6 is 24.4 Å². The average Bonchev–Trinajstić information content (AvgIpc) is 2.89. The van der Waals surface area contributed by atoms with Crippen LogP contribution in [0.2, 0.25) is 0 Å². The lowest BCUT2D eigenvalue weighted by atomic mass is 10.1. The van der Waals surface area contributed by atoms with Crippen molar-refractivity contribution in [1.82, 2.24) is 19.5 Å². The van der Waals surface area contributed by atoms with E-state index in [1.165, 1.54) is 4.57 Å². The van der Waals surface area contributed by atoms with Gasteiger partial charge in [0.2, 0.25) is 0 Å². The van der Waals surface area contributed by atoms with Gasteiger partial charge in [0.25, 0.3) is 0 Å². The number of aliphatic hydroxyl groups is 3. The van der Waals surface area contributed by atoms with Gasteiger partial charge in [0.15, 0.2) is 21.6 Å². The molecule has 21 heavy (non-hydrogen) atoms. The quantitative estimate of drug-likeness (QED) is 0.398. The van der Waals surface area contributed by atoms with Crippen LogP contribution in [0.25, 0.3) is 11.2 Å². The molecular weight excluding hydrogens is 318 g/mol. The maximum Gasteiger partial charge on any atom is 0.200 e. The molecule has 0 radical (unpaired) electrons. The van der Waals surface area contributed by atoms with Crippen molar-refractivity contribution in [2.45, 2.75) is 24.5 Å². The minimum atomic E-state index is -1.26. The second-order valence-electron chi connectivity index (χ2n) is 4.68. The molecule has 1 fully saturated rings. The third-order valence-electron chi connectivity index (χ3n) is 3.38. The first-order chi connectivity index (χ1) is 9.93. The zero-order valence-corrected chi connectivity index (χ0v) is 12.2. The van der Waals surface area contributed by atoms with Gasteiger partial charge in [-0.25, -0.2) is 4.98 Å². The normalized spacial score (nSPS) is 29.3. The van der Waals surface area contributed by atoms with Gasteiger partial charge in [-0.05, 0) is 12.2 Å². The molecule has 1 aliphatic heterocycles. The topological polar surface area (TPSA) is 145 Å². The molecule has 11 heteroatoms. The number of hydrogen-bond acceptors (Lipinski definition) is 8. The Bertz CT molecular complexity index is 799. The van der Waals surface area contributed by atoms with E-state index in [4.69, 9.17) is 40.0 Å². The van der Waals surface area contributed by atoms with Crippen molar-refractivity contribution in [3.05, 3.63) is 9.41 Å². The maximum absolute atomic E-state index is 10.1. The molecule has 0 bridgehead atoms. The van der Waals surface area contributed by atoms with Crippen molar-refractivity contribution in [3.63, 3.8) is 0 Å². The smallest absolute Gasteiger partial charge is 0.200 e. The SMILES string of the molecule is Nc1nc(=S)c2[nH]c(=S)n([C@@H]3O[C@H](CO)[C@@H](O)[C@H]3O)c2[nH]1. The van der Waals surface area contributed by atoms with Crippen LogP contribution in [0.1, 0.15) is 6.23 Å². The largest absolute Gasteiger partial charge is 0.394 e. The van der Waals surface area contributed by atoms with Crippen LogP contribution in [0.5, 0.6) is 0 Å². The lowest BCUT2D eigenvalue weighted by molar-refractivity contribution is -0.0516. The highest BCUT2D eigenvalue weighted by Gasteiger charge is 2.44. The van der Waals surface area contributed by atoms with Crippen LogP contribution < -0.4 is 5.73 Å². The number of ether oxygens (including phenoxy) is 1. The molecule has 3 heterocycles. The highest BCUT2D eigenvalue weighted by Crippen LogP contribution is 2.31. The Morgan fingerprint density at radius 3 is 2.62 bits per heavy atom. The molecule has 4 atom stereocenters. The molecule has 1 saturated heterocycles. The summed E-state index contributed by atoms with van der Waals surface area (Å²) in [6.45, 7) is -0.426. The number of rotatable bonds is 2. The Morgan fingerprint density at radius 2 is 2.00 bits per heavy atom. The fourth-order valence-corrected chi connectivity index (χ4v) is 2.92. The lowest BCUT2D eigenvalue weighted by Gasteiger charge is -2.17. The van der Waals surface area contributed by atoms with E-state index >= 15 is 0 Å². The molecule has 114 valence electrons. The lowest BCUT2D eigenvalue weighted by Crippen LogP contribution is -2.33. The predicted octanol–water partition coefficient (Wildman–Crippen LogP) is -0.655. The van der Waals surface area contributed by atoms with Gasteiger partial charge in [-0.1, -0.05) is 12.2 Å². The summed E-state index contributed by atoms with van der Waals surface area (Å²) in [6.07, 6.45) is -4.37. The summed E-state index contributed by atoms with van der Waals surface area (Å²) in [5.41, 5.74) is 6.47. The first-order valence-corrected chi connectivity index (χ1v) is 6.88. The Kier molecular flexibility index (Phi) is 3.55. The third-order valence-corrected chi connectivity index (χ3v) is 3.98. The van der Waals surface area contributed by atoms with Gasteiger partial charge < -0.3 is 35.8 Å². The van der Waals surface area contributed by atoms with Crippen LogP contribution in [0, 0.1) is 9.41 Å². The van der Waals surface area contributed by atoms with E-state index in [1.54, 1.807) is 0 Å². The number of hydrogen-bond donors (Lipinski definition) is 6. The van der Waals surface area contributed by atoms with E-state index in [-0.39, 0.29) is 15.4 Å². The minimum absolute atomic E-state index is 0.0852. The summed E-state index contributed by atoms with van der Waals surface area (Å²) >= 11 is 10.3. The molecule has 7 N–H and O–H groups in total. The minimum Gasteiger partial charge on any atom is -0.394 e. The number of nitrogens with one attached hydrogen (secondary N) is 2. The molecule has 0 saturated carbocycles. The number of anilines is 1. The number of aliphatic hydroxyl groups excluding tert-OH is 3. The summed E-state index contributed by atoms with van der Waals surface area (Å²) in [7, 11) is 0. The van der Waals surface area contributed by atoms with Crippen molar-refractivity contribution in [1.29, 1.82) is 0 Å². The number of aromatic amines is 2. The standard InChI is InChI=1S/C10H13N5O4S2/c11-9-13-6-3(7(20)14-9)12-10(21)15(6)8-5(18)4(17)2(1-16)19-8/h2,4-5,8,16-18H,1H2,(H,12,21)(H3,11,13,14,20)/t2-,4-,5-,8-/m1/s1. The van der Waals surface area contributed by atoms with Gasteiger partial charge in [0.05, 0.1) is 6.61 Å². The first kappa shape index (κ1) is 14.6. The van der Waals surface area contributed by atoms with Crippen molar-refractivity contribution in [2.75, 3.05) is 12.3 Å². The number of nitrogen functional groups attached to an aromatic ring is 1. The first-order valence-electron chi connectivity index (χ1n) is 6.06. The molecule has 2 aromatic rings. The van der Waals surface area contributed by atoms with Crippen LogP contribution in [0.4, 0.5) is 5.95 Å². The second-order valence-corrected chi connectivity index (χ2v) is 5.45. The Labute approximate surface area is 128 Å². The molecule has 0 aromatic carbocycles. The average molecular weight is 331 g/mol.